The van der Waals surface area contributed by atoms with Gasteiger partial charge in [-0.05, 0) is 32.4 Å². The first-order chi connectivity index (χ1) is 10.2. The maximum absolute atomic E-state index is 6.10. The van der Waals surface area contributed by atoms with Gasteiger partial charge < -0.3 is 14.0 Å². The van der Waals surface area contributed by atoms with Crippen molar-refractivity contribution in [2.24, 2.45) is 5.92 Å². The van der Waals surface area contributed by atoms with E-state index in [-0.39, 0.29) is 0 Å². The third kappa shape index (κ3) is 2.74. The van der Waals surface area contributed by atoms with E-state index in [0.717, 1.165) is 42.2 Å². The van der Waals surface area contributed by atoms with Crippen molar-refractivity contribution < 1.29 is 9.47 Å². The largest absolute Gasteiger partial charge is 0.492 e. The summed E-state index contributed by atoms with van der Waals surface area (Å²) in [6, 6.07) is 6.06. The molecule has 2 atom stereocenters. The fraction of sp³-hybridized carbons (Fsp3) is 0.562. The number of nitrogens with zero attached hydrogens (tertiary/aromatic N) is 2. The first-order valence-corrected chi connectivity index (χ1v) is 8.06. The molecule has 1 saturated heterocycles. The van der Waals surface area contributed by atoms with E-state index in [1.54, 1.807) is 0 Å². The highest BCUT2D eigenvalue weighted by Crippen LogP contribution is 2.30. The zero-order valence-corrected chi connectivity index (χ0v) is 13.3. The quantitative estimate of drug-likeness (QED) is 0.792. The van der Waals surface area contributed by atoms with Crippen molar-refractivity contribution in [3.05, 3.63) is 24.0 Å². The molecule has 21 heavy (non-hydrogen) atoms. The van der Waals surface area contributed by atoms with Crippen molar-refractivity contribution >= 4 is 22.6 Å². The number of alkyl halides is 1. The van der Waals surface area contributed by atoms with Crippen LogP contribution in [-0.2, 0) is 17.2 Å². The van der Waals surface area contributed by atoms with E-state index in [2.05, 4.69) is 22.5 Å². The number of rotatable bonds is 5. The monoisotopic (exact) mass is 308 g/mol. The molecule has 114 valence electrons. The number of benzene rings is 1. The third-order valence-electron chi connectivity index (χ3n) is 4.19. The molecule has 4 nitrogen and oxygen atoms in total. The van der Waals surface area contributed by atoms with Crippen LogP contribution < -0.4 is 4.74 Å². The summed E-state index contributed by atoms with van der Waals surface area (Å²) < 4.78 is 13.6. The number of imidazole rings is 1. The van der Waals surface area contributed by atoms with Gasteiger partial charge in [0.05, 0.1) is 24.1 Å². The standard InChI is InChI=1S/C16H21ClN2O2/c1-3-20-14-6-4-5-13-16(14)18-15(9-17)19(13)10-12-7-8-21-11(12)2/h4-6,11-12H,3,7-10H2,1-2H3. The summed E-state index contributed by atoms with van der Waals surface area (Å²) in [7, 11) is 0. The summed E-state index contributed by atoms with van der Waals surface area (Å²) in [5, 5.41) is 0. The summed E-state index contributed by atoms with van der Waals surface area (Å²) in [5.41, 5.74) is 2.00. The molecule has 1 aromatic carbocycles. The summed E-state index contributed by atoms with van der Waals surface area (Å²) >= 11 is 6.10. The van der Waals surface area contributed by atoms with Gasteiger partial charge in [0, 0.05) is 19.1 Å². The normalized spacial score (nSPS) is 22.0. The van der Waals surface area contributed by atoms with Crippen LogP contribution >= 0.6 is 11.6 Å². The zero-order valence-electron chi connectivity index (χ0n) is 12.5. The van der Waals surface area contributed by atoms with Crippen molar-refractivity contribution in [2.45, 2.75) is 38.8 Å². The smallest absolute Gasteiger partial charge is 0.147 e. The topological polar surface area (TPSA) is 36.3 Å². The fourth-order valence-electron chi connectivity index (χ4n) is 3.00. The van der Waals surface area contributed by atoms with Gasteiger partial charge in [-0.1, -0.05) is 6.07 Å². The Balaban J connectivity index is 2.01. The molecule has 1 aliphatic rings. The fourth-order valence-corrected chi connectivity index (χ4v) is 3.20. The van der Waals surface area contributed by atoms with Crippen molar-refractivity contribution in [1.82, 2.24) is 9.55 Å². The van der Waals surface area contributed by atoms with Gasteiger partial charge in [-0.2, -0.15) is 0 Å². The van der Waals surface area contributed by atoms with E-state index >= 15 is 0 Å². The number of hydrogen-bond acceptors (Lipinski definition) is 3. The SMILES string of the molecule is CCOc1cccc2c1nc(CCl)n2CC1CCOC1C. The van der Waals surface area contributed by atoms with E-state index in [1.165, 1.54) is 0 Å². The van der Waals surface area contributed by atoms with E-state index in [0.29, 0.717) is 24.5 Å². The van der Waals surface area contributed by atoms with Crippen molar-refractivity contribution in [1.29, 1.82) is 0 Å². The first kappa shape index (κ1) is 14.7. The molecule has 0 N–H and O–H groups in total. The Hall–Kier alpha value is -1.26. The lowest BCUT2D eigenvalue weighted by molar-refractivity contribution is 0.102. The zero-order chi connectivity index (χ0) is 14.8. The second-order valence-electron chi connectivity index (χ2n) is 5.45. The molecule has 0 bridgehead atoms. The van der Waals surface area contributed by atoms with Crippen LogP contribution in [0.1, 0.15) is 26.1 Å². The van der Waals surface area contributed by atoms with Gasteiger partial charge in [-0.3, -0.25) is 0 Å². The number of hydrogen-bond donors (Lipinski definition) is 0. The predicted molar refractivity (Wildman–Crippen MR) is 84.0 cm³/mol. The van der Waals surface area contributed by atoms with E-state index in [4.69, 9.17) is 21.1 Å². The Labute approximate surface area is 130 Å². The van der Waals surface area contributed by atoms with Crippen LogP contribution in [0.3, 0.4) is 0 Å². The van der Waals surface area contributed by atoms with Gasteiger partial charge in [-0.15, -0.1) is 11.6 Å². The molecule has 0 spiro atoms. The highest BCUT2D eigenvalue weighted by molar-refractivity contribution is 6.16. The number of fused-ring (bicyclic) bond motifs is 1. The molecule has 2 unspecified atom stereocenters. The van der Waals surface area contributed by atoms with Crippen LogP contribution in [0.5, 0.6) is 5.75 Å². The van der Waals surface area contributed by atoms with Gasteiger partial charge in [0.25, 0.3) is 0 Å². The number of halogens is 1. The third-order valence-corrected chi connectivity index (χ3v) is 4.43. The second-order valence-corrected chi connectivity index (χ2v) is 5.72. The summed E-state index contributed by atoms with van der Waals surface area (Å²) in [4.78, 5) is 4.68. The molecule has 2 aromatic rings. The molecule has 1 fully saturated rings. The number of para-hydroxylation sites is 1. The summed E-state index contributed by atoms with van der Waals surface area (Å²) in [5.74, 6) is 2.65. The number of aromatic nitrogens is 2. The van der Waals surface area contributed by atoms with Gasteiger partial charge >= 0.3 is 0 Å². The molecule has 0 aliphatic carbocycles. The van der Waals surface area contributed by atoms with Crippen molar-refractivity contribution in [3.63, 3.8) is 0 Å². The first-order valence-electron chi connectivity index (χ1n) is 7.53. The summed E-state index contributed by atoms with van der Waals surface area (Å²) in [6.07, 6.45) is 1.38. The van der Waals surface area contributed by atoms with Crippen LogP contribution in [0.2, 0.25) is 0 Å². The molecule has 0 amide bonds. The molecule has 1 aliphatic heterocycles. The average Bonchev–Trinajstić information content (AvgIpc) is 3.05. The number of ether oxygens (including phenoxy) is 2. The Morgan fingerprint density at radius 2 is 2.33 bits per heavy atom. The van der Waals surface area contributed by atoms with Crippen LogP contribution in [0.25, 0.3) is 11.0 Å². The van der Waals surface area contributed by atoms with Crippen LogP contribution in [0.15, 0.2) is 18.2 Å². The maximum atomic E-state index is 6.10. The van der Waals surface area contributed by atoms with Crippen LogP contribution in [-0.4, -0.2) is 28.9 Å². The van der Waals surface area contributed by atoms with Crippen LogP contribution in [0.4, 0.5) is 0 Å². The minimum atomic E-state index is 0.292. The molecular formula is C16H21ClN2O2. The molecule has 2 heterocycles. The molecule has 3 rings (SSSR count). The molecular weight excluding hydrogens is 288 g/mol. The van der Waals surface area contributed by atoms with E-state index in [9.17, 15) is 0 Å². The predicted octanol–water partition coefficient (Wildman–Crippen LogP) is 3.60. The van der Waals surface area contributed by atoms with Crippen LogP contribution in [0, 0.1) is 5.92 Å². The molecule has 1 aromatic heterocycles. The Kier molecular flexibility index (Phi) is 4.36. The average molecular weight is 309 g/mol. The van der Waals surface area contributed by atoms with Crippen molar-refractivity contribution in [3.8, 4) is 5.75 Å². The lowest BCUT2D eigenvalue weighted by atomic mass is 10.0. The van der Waals surface area contributed by atoms with Gasteiger partial charge in [0.15, 0.2) is 0 Å². The summed E-state index contributed by atoms with van der Waals surface area (Å²) in [6.45, 7) is 6.50. The second kappa shape index (κ2) is 6.24. The minimum absolute atomic E-state index is 0.292. The highest BCUT2D eigenvalue weighted by Gasteiger charge is 2.26. The Morgan fingerprint density at radius 3 is 3.00 bits per heavy atom. The highest BCUT2D eigenvalue weighted by atomic mass is 35.5. The molecule has 0 radical (unpaired) electrons. The van der Waals surface area contributed by atoms with Gasteiger partial charge in [0.2, 0.25) is 0 Å². The Bertz CT molecular complexity index is 626. The lowest BCUT2D eigenvalue weighted by Crippen LogP contribution is -2.19. The van der Waals surface area contributed by atoms with E-state index in [1.807, 2.05) is 19.1 Å². The minimum Gasteiger partial charge on any atom is -0.492 e. The molecule has 5 heteroatoms. The van der Waals surface area contributed by atoms with Gasteiger partial charge in [-0.25, -0.2) is 4.98 Å². The van der Waals surface area contributed by atoms with E-state index < -0.39 is 0 Å². The Morgan fingerprint density at radius 1 is 1.48 bits per heavy atom. The maximum Gasteiger partial charge on any atom is 0.147 e. The lowest BCUT2D eigenvalue weighted by Gasteiger charge is -2.16. The molecule has 0 saturated carbocycles. The van der Waals surface area contributed by atoms with Crippen molar-refractivity contribution in [2.75, 3.05) is 13.2 Å². The van der Waals surface area contributed by atoms with Gasteiger partial charge in [0.1, 0.15) is 17.1 Å².